The van der Waals surface area contributed by atoms with Crippen molar-refractivity contribution in [2.75, 3.05) is 18.8 Å². The second kappa shape index (κ2) is 7.24. The van der Waals surface area contributed by atoms with Gasteiger partial charge in [0.2, 0.25) is 10.0 Å². The minimum absolute atomic E-state index is 0.0776. The average Bonchev–Trinajstić information content (AvgIpc) is 2.37. The summed E-state index contributed by atoms with van der Waals surface area (Å²) in [7, 11) is -3.30. The predicted octanol–water partition coefficient (Wildman–Crippen LogP) is 2.30. The highest BCUT2D eigenvalue weighted by Gasteiger charge is 2.30. The molecule has 8 heteroatoms. The van der Waals surface area contributed by atoms with E-state index in [-0.39, 0.29) is 18.3 Å². The fraction of sp³-hybridized carbons (Fsp3) is 0.538. The zero-order chi connectivity index (χ0) is 16.1. The monoisotopic (exact) mass is 324 g/mol. The number of hydrogen-bond donors (Lipinski definition) is 2. The number of alkyl halides is 3. The number of halogens is 3. The van der Waals surface area contributed by atoms with Crippen LogP contribution >= 0.6 is 0 Å². The van der Waals surface area contributed by atoms with Gasteiger partial charge in [0.15, 0.2) is 0 Å². The van der Waals surface area contributed by atoms with E-state index in [1.165, 1.54) is 12.1 Å². The van der Waals surface area contributed by atoms with Gasteiger partial charge in [0, 0.05) is 19.1 Å². The largest absolute Gasteiger partial charge is 0.416 e. The maximum Gasteiger partial charge on any atom is 0.416 e. The van der Waals surface area contributed by atoms with E-state index in [0.717, 1.165) is 12.1 Å². The van der Waals surface area contributed by atoms with Crippen molar-refractivity contribution in [3.63, 3.8) is 0 Å². The molecule has 0 saturated heterocycles. The van der Waals surface area contributed by atoms with Gasteiger partial charge < -0.3 is 5.32 Å². The molecule has 0 aliphatic heterocycles. The summed E-state index contributed by atoms with van der Waals surface area (Å²) in [6, 6.07) is 4.58. The third kappa shape index (κ3) is 6.03. The molecule has 4 nitrogen and oxygen atoms in total. The van der Waals surface area contributed by atoms with E-state index >= 15 is 0 Å². The summed E-state index contributed by atoms with van der Waals surface area (Å²) in [5.74, 6) is -0.0776. The topological polar surface area (TPSA) is 58.2 Å². The van der Waals surface area contributed by atoms with E-state index in [4.69, 9.17) is 0 Å². The van der Waals surface area contributed by atoms with Crippen molar-refractivity contribution in [1.29, 1.82) is 0 Å². The molecule has 0 aliphatic carbocycles. The van der Waals surface area contributed by atoms with E-state index in [0.29, 0.717) is 12.1 Å². The molecular weight excluding hydrogens is 305 g/mol. The fourth-order valence-electron chi connectivity index (χ4n) is 1.78. The van der Waals surface area contributed by atoms with Crippen molar-refractivity contribution >= 4 is 10.0 Å². The lowest BCUT2D eigenvalue weighted by molar-refractivity contribution is -0.137. The van der Waals surface area contributed by atoms with Gasteiger partial charge in [0.1, 0.15) is 0 Å². The number of benzene rings is 1. The van der Waals surface area contributed by atoms with Crippen molar-refractivity contribution in [3.05, 3.63) is 35.4 Å². The van der Waals surface area contributed by atoms with Crippen molar-refractivity contribution in [2.24, 2.45) is 0 Å². The standard InChI is InChI=1S/C13H19F3N2O2S/c1-3-18-21(19,20)9-8-17-10(2)11-4-6-12(7-5-11)13(14,15)16/h4-7,10,17-18H,3,8-9H2,1-2H3. The summed E-state index contributed by atoms with van der Waals surface area (Å²) in [4.78, 5) is 0. The van der Waals surface area contributed by atoms with E-state index in [1.54, 1.807) is 13.8 Å². The van der Waals surface area contributed by atoms with E-state index in [1.807, 2.05) is 0 Å². The van der Waals surface area contributed by atoms with Crippen LogP contribution in [0.1, 0.15) is 31.0 Å². The average molecular weight is 324 g/mol. The molecular formula is C13H19F3N2O2S. The van der Waals surface area contributed by atoms with Gasteiger partial charge in [0.25, 0.3) is 0 Å². The molecule has 1 atom stereocenters. The number of nitrogens with one attached hydrogen (secondary N) is 2. The van der Waals surface area contributed by atoms with Crippen LogP contribution in [0.5, 0.6) is 0 Å². The lowest BCUT2D eigenvalue weighted by Crippen LogP contribution is -2.32. The summed E-state index contributed by atoms with van der Waals surface area (Å²) in [5, 5.41) is 2.97. The molecule has 1 rings (SSSR count). The quantitative estimate of drug-likeness (QED) is 0.809. The molecule has 2 N–H and O–H groups in total. The molecule has 0 amide bonds. The van der Waals surface area contributed by atoms with Crippen LogP contribution in [0.3, 0.4) is 0 Å². The summed E-state index contributed by atoms with van der Waals surface area (Å²) < 4.78 is 62.5. The zero-order valence-corrected chi connectivity index (χ0v) is 12.7. The first-order valence-corrected chi connectivity index (χ1v) is 8.19. The Morgan fingerprint density at radius 1 is 1.19 bits per heavy atom. The van der Waals surface area contributed by atoms with Crippen LogP contribution < -0.4 is 10.0 Å². The number of sulfonamides is 1. The first kappa shape index (κ1) is 17.9. The van der Waals surface area contributed by atoms with Gasteiger partial charge in [0.05, 0.1) is 11.3 Å². The molecule has 0 fully saturated rings. The van der Waals surface area contributed by atoms with Crippen LogP contribution in [0.15, 0.2) is 24.3 Å². The van der Waals surface area contributed by atoms with Gasteiger partial charge >= 0.3 is 6.18 Å². The molecule has 120 valence electrons. The van der Waals surface area contributed by atoms with Crippen molar-refractivity contribution in [1.82, 2.24) is 10.0 Å². The molecule has 0 spiro atoms. The van der Waals surface area contributed by atoms with Gasteiger partial charge in [-0.1, -0.05) is 19.1 Å². The van der Waals surface area contributed by atoms with Crippen molar-refractivity contribution in [2.45, 2.75) is 26.1 Å². The SMILES string of the molecule is CCNS(=O)(=O)CCNC(C)c1ccc(C(F)(F)F)cc1. The van der Waals surface area contributed by atoms with Crippen LogP contribution in [0.25, 0.3) is 0 Å². The van der Waals surface area contributed by atoms with Crippen LogP contribution in [0, 0.1) is 0 Å². The Morgan fingerprint density at radius 3 is 2.24 bits per heavy atom. The third-order valence-corrected chi connectivity index (χ3v) is 4.39. The van der Waals surface area contributed by atoms with Gasteiger partial charge in [-0.2, -0.15) is 13.2 Å². The first-order valence-electron chi connectivity index (χ1n) is 6.53. The maximum atomic E-state index is 12.4. The summed E-state index contributed by atoms with van der Waals surface area (Å²) in [6.45, 7) is 4.01. The number of rotatable bonds is 7. The van der Waals surface area contributed by atoms with Gasteiger partial charge in [-0.15, -0.1) is 0 Å². The van der Waals surface area contributed by atoms with Crippen LogP contribution in [0.2, 0.25) is 0 Å². The first-order chi connectivity index (χ1) is 9.65. The highest BCUT2D eigenvalue weighted by molar-refractivity contribution is 7.89. The lowest BCUT2D eigenvalue weighted by atomic mass is 10.1. The normalized spacial score (nSPS) is 14.1. The minimum Gasteiger partial charge on any atom is -0.309 e. The molecule has 0 aliphatic rings. The summed E-state index contributed by atoms with van der Waals surface area (Å²) in [5.41, 5.74) is -0.0305. The molecule has 0 aromatic heterocycles. The molecule has 0 bridgehead atoms. The molecule has 0 heterocycles. The molecule has 0 radical (unpaired) electrons. The summed E-state index contributed by atoms with van der Waals surface area (Å²) in [6.07, 6.45) is -4.35. The Labute approximate surface area is 122 Å². The Morgan fingerprint density at radius 2 is 1.76 bits per heavy atom. The Bertz CT molecular complexity index is 542. The van der Waals surface area contributed by atoms with Gasteiger partial charge in [-0.25, -0.2) is 13.1 Å². The second-order valence-electron chi connectivity index (χ2n) is 4.61. The number of hydrogen-bond acceptors (Lipinski definition) is 3. The van der Waals surface area contributed by atoms with Crippen molar-refractivity contribution < 1.29 is 21.6 Å². The third-order valence-electron chi connectivity index (χ3n) is 2.92. The highest BCUT2D eigenvalue weighted by atomic mass is 32.2. The molecule has 21 heavy (non-hydrogen) atoms. The Hall–Kier alpha value is -1.12. The van der Waals surface area contributed by atoms with Crippen LogP contribution in [-0.4, -0.2) is 27.3 Å². The minimum atomic E-state index is -4.35. The maximum absolute atomic E-state index is 12.4. The smallest absolute Gasteiger partial charge is 0.309 e. The fourth-order valence-corrected chi connectivity index (χ4v) is 2.75. The second-order valence-corrected chi connectivity index (χ2v) is 6.54. The van der Waals surface area contributed by atoms with Crippen LogP contribution in [-0.2, 0) is 16.2 Å². The van der Waals surface area contributed by atoms with E-state index in [9.17, 15) is 21.6 Å². The van der Waals surface area contributed by atoms with Gasteiger partial charge in [-0.3, -0.25) is 0 Å². The molecule has 1 aromatic carbocycles. The molecule has 1 unspecified atom stereocenters. The van der Waals surface area contributed by atoms with E-state index < -0.39 is 21.8 Å². The van der Waals surface area contributed by atoms with Gasteiger partial charge in [-0.05, 0) is 24.6 Å². The molecule has 0 saturated carbocycles. The highest BCUT2D eigenvalue weighted by Crippen LogP contribution is 2.29. The van der Waals surface area contributed by atoms with Crippen LogP contribution in [0.4, 0.5) is 13.2 Å². The Balaban J connectivity index is 2.55. The zero-order valence-electron chi connectivity index (χ0n) is 11.9. The molecule has 1 aromatic rings. The Kier molecular flexibility index (Phi) is 6.18. The van der Waals surface area contributed by atoms with Crippen molar-refractivity contribution in [3.8, 4) is 0 Å². The predicted molar refractivity (Wildman–Crippen MR) is 75.3 cm³/mol. The van der Waals surface area contributed by atoms with E-state index in [2.05, 4.69) is 10.0 Å². The summed E-state index contributed by atoms with van der Waals surface area (Å²) >= 11 is 0. The lowest BCUT2D eigenvalue weighted by Gasteiger charge is -2.15.